The lowest BCUT2D eigenvalue weighted by molar-refractivity contribution is -0.115. The molecule has 0 fully saturated rings. The van der Waals surface area contributed by atoms with Crippen LogP contribution >= 0.6 is 35.2 Å². The Hall–Kier alpha value is -2.48. The molecule has 1 aromatic heterocycles. The standard InChI is InChI=1S/C19H16ClN3O2S2/c1-2-15(24)21-11-7-9-12(10-8-11)22-19(26)23-18(25)17-16(20)13-5-3-4-6-14(13)27-17/h3-10H,2H2,1H3,(H,21,24)(H2,22,23,25,26). The third-order valence-corrected chi connectivity index (χ3v) is 5.59. The average molecular weight is 418 g/mol. The first-order chi connectivity index (χ1) is 13.0. The van der Waals surface area contributed by atoms with E-state index in [1.54, 1.807) is 31.2 Å². The fourth-order valence-electron chi connectivity index (χ4n) is 2.37. The van der Waals surface area contributed by atoms with Crippen molar-refractivity contribution in [3.05, 3.63) is 58.4 Å². The summed E-state index contributed by atoms with van der Waals surface area (Å²) in [6.07, 6.45) is 0.413. The molecule has 0 aliphatic carbocycles. The molecule has 0 saturated heterocycles. The van der Waals surface area contributed by atoms with E-state index < -0.39 is 0 Å². The first-order valence-electron chi connectivity index (χ1n) is 8.17. The van der Waals surface area contributed by atoms with Gasteiger partial charge < -0.3 is 10.6 Å². The highest BCUT2D eigenvalue weighted by molar-refractivity contribution is 7.80. The topological polar surface area (TPSA) is 70.2 Å². The van der Waals surface area contributed by atoms with Gasteiger partial charge in [0.2, 0.25) is 5.91 Å². The number of carbonyl (C=O) groups excluding carboxylic acids is 2. The van der Waals surface area contributed by atoms with Crippen LogP contribution in [0.2, 0.25) is 5.02 Å². The molecule has 0 aliphatic rings. The van der Waals surface area contributed by atoms with E-state index >= 15 is 0 Å². The monoisotopic (exact) mass is 417 g/mol. The number of nitrogens with one attached hydrogen (secondary N) is 3. The first kappa shape index (κ1) is 19.3. The number of rotatable bonds is 4. The zero-order chi connectivity index (χ0) is 19.4. The van der Waals surface area contributed by atoms with Gasteiger partial charge in [0.25, 0.3) is 5.91 Å². The van der Waals surface area contributed by atoms with Gasteiger partial charge in [-0.2, -0.15) is 0 Å². The number of thiophene rings is 1. The van der Waals surface area contributed by atoms with Crippen LogP contribution in [0.25, 0.3) is 10.1 Å². The van der Waals surface area contributed by atoms with Crippen LogP contribution in [0.15, 0.2) is 48.5 Å². The number of hydrogen-bond donors (Lipinski definition) is 3. The molecule has 1 heterocycles. The lowest BCUT2D eigenvalue weighted by Crippen LogP contribution is -2.33. The Morgan fingerprint density at radius 2 is 1.67 bits per heavy atom. The SMILES string of the molecule is CCC(=O)Nc1ccc(NC(=S)NC(=O)c2sc3ccccc3c2Cl)cc1. The van der Waals surface area contributed by atoms with Gasteiger partial charge in [0.05, 0.1) is 5.02 Å². The fraction of sp³-hybridized carbons (Fsp3) is 0.105. The Labute approximate surface area is 170 Å². The van der Waals surface area contributed by atoms with Crippen molar-refractivity contribution in [2.24, 2.45) is 0 Å². The number of fused-ring (bicyclic) bond motifs is 1. The van der Waals surface area contributed by atoms with Crippen molar-refractivity contribution < 1.29 is 9.59 Å². The minimum absolute atomic E-state index is 0.0568. The number of halogens is 1. The molecule has 0 radical (unpaired) electrons. The molecule has 0 spiro atoms. The second kappa shape index (κ2) is 8.47. The molecule has 0 atom stereocenters. The Morgan fingerprint density at radius 1 is 1.04 bits per heavy atom. The molecule has 0 unspecified atom stereocenters. The summed E-state index contributed by atoms with van der Waals surface area (Å²) in [5.41, 5.74) is 1.39. The zero-order valence-corrected chi connectivity index (χ0v) is 16.7. The molecular weight excluding hydrogens is 402 g/mol. The smallest absolute Gasteiger partial charge is 0.269 e. The Balaban J connectivity index is 1.64. The molecule has 2 amide bonds. The number of carbonyl (C=O) groups is 2. The van der Waals surface area contributed by atoms with E-state index in [0.717, 1.165) is 10.1 Å². The highest BCUT2D eigenvalue weighted by Gasteiger charge is 2.17. The third kappa shape index (κ3) is 4.63. The summed E-state index contributed by atoms with van der Waals surface area (Å²) in [4.78, 5) is 24.3. The lowest BCUT2D eigenvalue weighted by atomic mass is 10.2. The summed E-state index contributed by atoms with van der Waals surface area (Å²) < 4.78 is 0.941. The summed E-state index contributed by atoms with van der Waals surface area (Å²) in [5, 5.41) is 9.77. The van der Waals surface area contributed by atoms with Crippen molar-refractivity contribution in [1.82, 2.24) is 5.32 Å². The van der Waals surface area contributed by atoms with Crippen LogP contribution in [0.3, 0.4) is 0 Å². The molecule has 3 aromatic rings. The van der Waals surface area contributed by atoms with Crippen molar-refractivity contribution in [2.75, 3.05) is 10.6 Å². The lowest BCUT2D eigenvalue weighted by Gasteiger charge is -2.10. The highest BCUT2D eigenvalue weighted by Crippen LogP contribution is 2.34. The summed E-state index contributed by atoms with van der Waals surface area (Å²) in [5.74, 6) is -0.413. The molecule has 5 nitrogen and oxygen atoms in total. The highest BCUT2D eigenvalue weighted by atomic mass is 35.5. The maximum atomic E-state index is 12.5. The molecular formula is C19H16ClN3O2S2. The molecule has 2 aromatic carbocycles. The Kier molecular flexibility index (Phi) is 6.05. The van der Waals surface area contributed by atoms with Gasteiger partial charge in [-0.1, -0.05) is 36.7 Å². The van der Waals surface area contributed by atoms with Gasteiger partial charge in [-0.3, -0.25) is 14.9 Å². The Bertz CT molecular complexity index is 1020. The summed E-state index contributed by atoms with van der Waals surface area (Å²) >= 11 is 12.8. The van der Waals surface area contributed by atoms with Crippen molar-refractivity contribution in [3.8, 4) is 0 Å². The second-order valence-corrected chi connectivity index (χ2v) is 7.47. The zero-order valence-electron chi connectivity index (χ0n) is 14.3. The Morgan fingerprint density at radius 3 is 2.30 bits per heavy atom. The molecule has 8 heteroatoms. The second-order valence-electron chi connectivity index (χ2n) is 5.63. The average Bonchev–Trinajstić information content (AvgIpc) is 3.00. The van der Waals surface area contributed by atoms with Crippen LogP contribution in [-0.4, -0.2) is 16.9 Å². The minimum atomic E-state index is -0.356. The number of benzene rings is 2. The predicted molar refractivity (Wildman–Crippen MR) is 116 cm³/mol. The quantitative estimate of drug-likeness (QED) is 0.520. The molecule has 138 valence electrons. The van der Waals surface area contributed by atoms with Crippen molar-refractivity contribution >= 4 is 73.5 Å². The maximum Gasteiger partial charge on any atom is 0.269 e. The molecule has 3 N–H and O–H groups in total. The van der Waals surface area contributed by atoms with Crippen LogP contribution < -0.4 is 16.0 Å². The summed E-state index contributed by atoms with van der Waals surface area (Å²) in [6.45, 7) is 1.79. The van der Waals surface area contributed by atoms with Crippen LogP contribution in [0, 0.1) is 0 Å². The normalized spacial score (nSPS) is 10.4. The van der Waals surface area contributed by atoms with Gasteiger partial charge in [0.1, 0.15) is 4.88 Å². The van der Waals surface area contributed by atoms with Crippen molar-refractivity contribution in [3.63, 3.8) is 0 Å². The number of anilines is 2. The number of thiocarbonyl (C=S) groups is 1. The molecule has 0 bridgehead atoms. The van der Waals surface area contributed by atoms with Gasteiger partial charge >= 0.3 is 0 Å². The molecule has 0 saturated carbocycles. The summed E-state index contributed by atoms with van der Waals surface area (Å²) in [6, 6.07) is 14.6. The van der Waals surface area contributed by atoms with Crippen LogP contribution in [-0.2, 0) is 4.79 Å². The molecule has 27 heavy (non-hydrogen) atoms. The van der Waals surface area contributed by atoms with Gasteiger partial charge in [-0.15, -0.1) is 11.3 Å². The van der Waals surface area contributed by atoms with Crippen LogP contribution in [0.5, 0.6) is 0 Å². The third-order valence-electron chi connectivity index (χ3n) is 3.72. The first-order valence-corrected chi connectivity index (χ1v) is 9.77. The van der Waals surface area contributed by atoms with Gasteiger partial charge in [0.15, 0.2) is 5.11 Å². The maximum absolute atomic E-state index is 12.5. The summed E-state index contributed by atoms with van der Waals surface area (Å²) in [7, 11) is 0. The van der Waals surface area contributed by atoms with Crippen molar-refractivity contribution in [2.45, 2.75) is 13.3 Å². The van der Waals surface area contributed by atoms with Gasteiger partial charge in [-0.25, -0.2) is 0 Å². The van der Waals surface area contributed by atoms with E-state index in [4.69, 9.17) is 23.8 Å². The van der Waals surface area contributed by atoms with E-state index in [1.807, 2.05) is 24.3 Å². The molecule has 3 rings (SSSR count). The molecule has 0 aliphatic heterocycles. The largest absolute Gasteiger partial charge is 0.332 e. The van der Waals surface area contributed by atoms with E-state index in [-0.39, 0.29) is 16.9 Å². The van der Waals surface area contributed by atoms with Gasteiger partial charge in [0, 0.05) is 27.9 Å². The minimum Gasteiger partial charge on any atom is -0.332 e. The van der Waals surface area contributed by atoms with Crippen molar-refractivity contribution in [1.29, 1.82) is 0 Å². The van der Waals surface area contributed by atoms with E-state index in [1.165, 1.54) is 11.3 Å². The number of amides is 2. The predicted octanol–water partition coefficient (Wildman–Crippen LogP) is 5.03. The fourth-order valence-corrected chi connectivity index (χ4v) is 3.99. The van der Waals surface area contributed by atoms with E-state index in [0.29, 0.717) is 27.7 Å². The van der Waals surface area contributed by atoms with E-state index in [9.17, 15) is 9.59 Å². The van der Waals surface area contributed by atoms with Gasteiger partial charge in [-0.05, 0) is 42.5 Å². The van der Waals surface area contributed by atoms with E-state index in [2.05, 4.69) is 16.0 Å². The van der Waals surface area contributed by atoms with Crippen LogP contribution in [0.4, 0.5) is 11.4 Å². The van der Waals surface area contributed by atoms with Crippen LogP contribution in [0.1, 0.15) is 23.0 Å². The number of hydrogen-bond acceptors (Lipinski definition) is 4.